The van der Waals surface area contributed by atoms with Gasteiger partial charge < -0.3 is 0 Å². The Labute approximate surface area is 177 Å². The Balaban J connectivity index is 0.00000225. The van der Waals surface area contributed by atoms with Crippen molar-refractivity contribution in [1.29, 1.82) is 0 Å². The molecule has 0 unspecified atom stereocenters. The number of hydrogen-bond acceptors (Lipinski definition) is 0. The van der Waals surface area contributed by atoms with E-state index in [-0.39, 0.29) is 38.5 Å². The summed E-state index contributed by atoms with van der Waals surface area (Å²) >= 11 is 0. The fraction of sp³-hybridized carbons (Fsp3) is 0.478. The fourth-order valence-corrected chi connectivity index (χ4v) is 3.84. The zero-order valence-electron chi connectivity index (χ0n) is 15.3. The summed E-state index contributed by atoms with van der Waals surface area (Å²) in [5, 5.41) is 0. The van der Waals surface area contributed by atoms with Crippen LogP contribution in [-0.2, 0) is 45.6 Å². The molecule has 2 aromatic rings. The van der Waals surface area contributed by atoms with Gasteiger partial charge in [-0.15, -0.1) is 12.1 Å². The predicted molar refractivity (Wildman–Crippen MR) is 98.7 cm³/mol. The molecule has 2 heteroatoms. The van der Waals surface area contributed by atoms with E-state index in [0.717, 1.165) is 43.1 Å². The zero-order chi connectivity index (χ0) is 16.8. The van der Waals surface area contributed by atoms with Crippen molar-refractivity contribution < 1.29 is 37.1 Å². The van der Waals surface area contributed by atoms with Crippen molar-refractivity contribution in [3.8, 4) is 0 Å². The van der Waals surface area contributed by atoms with Crippen LogP contribution in [0.15, 0.2) is 42.5 Å². The molecule has 0 amide bonds. The summed E-state index contributed by atoms with van der Waals surface area (Å²) < 4.78 is 13.1. The molecule has 25 heavy (non-hydrogen) atoms. The molecular formula is C23H28FY+2. The monoisotopic (exact) mass is 412 g/mol. The van der Waals surface area contributed by atoms with E-state index in [9.17, 15) is 4.39 Å². The number of halogens is 1. The topological polar surface area (TPSA) is 0 Å². The Morgan fingerprint density at radius 3 is 2.20 bits per heavy atom. The molecule has 1 aliphatic rings. The van der Waals surface area contributed by atoms with Crippen molar-refractivity contribution in [2.75, 3.05) is 0 Å². The van der Waals surface area contributed by atoms with Crippen LogP contribution in [0.25, 0.3) is 0 Å². The van der Waals surface area contributed by atoms with Gasteiger partial charge in [-0.1, -0.05) is 56.9 Å². The molecule has 0 nitrogen and oxygen atoms in total. The van der Waals surface area contributed by atoms with Gasteiger partial charge in [0.2, 0.25) is 0 Å². The molecule has 1 fully saturated rings. The molecule has 0 saturated heterocycles. The van der Waals surface area contributed by atoms with Gasteiger partial charge in [-0.3, -0.25) is 0 Å². The first-order valence-corrected chi connectivity index (χ1v) is 9.45. The molecule has 0 atom stereocenters. The van der Waals surface area contributed by atoms with Crippen LogP contribution in [0.4, 0.5) is 4.39 Å². The number of hydrogen-bond donors (Lipinski definition) is 0. The number of rotatable bonds is 6. The molecule has 1 aliphatic carbocycles. The third kappa shape index (κ3) is 6.61. The van der Waals surface area contributed by atoms with Crippen LogP contribution in [0, 0.1) is 17.8 Å². The van der Waals surface area contributed by atoms with Crippen LogP contribution in [0.3, 0.4) is 0 Å². The van der Waals surface area contributed by atoms with Gasteiger partial charge in [0.15, 0.2) is 0 Å². The Hall–Kier alpha value is -0.526. The van der Waals surface area contributed by atoms with Gasteiger partial charge in [0, 0.05) is 5.82 Å². The maximum absolute atomic E-state index is 13.1. The van der Waals surface area contributed by atoms with E-state index in [1.165, 1.54) is 36.8 Å². The minimum atomic E-state index is -0.250. The molecule has 0 N–H and O–H groups in total. The minimum Gasteiger partial charge on any atom is -0.236 e. The van der Waals surface area contributed by atoms with E-state index in [1.54, 1.807) is 12.1 Å². The first-order chi connectivity index (χ1) is 11.7. The summed E-state index contributed by atoms with van der Waals surface area (Å²) in [6.07, 6.45) is 9.78. The van der Waals surface area contributed by atoms with E-state index in [2.05, 4.69) is 37.3 Å². The van der Waals surface area contributed by atoms with Gasteiger partial charge in [-0.25, -0.2) is 4.39 Å². The largest absolute Gasteiger partial charge is 3.00 e. The van der Waals surface area contributed by atoms with Crippen LogP contribution < -0.4 is 0 Å². The van der Waals surface area contributed by atoms with E-state index in [0.29, 0.717) is 0 Å². The summed E-state index contributed by atoms with van der Waals surface area (Å²) in [4.78, 5) is 0. The SMILES string of the molecule is CC1CCC(c2ccc(CCCCc3cc[c-]c(F)c3)cc2)CC1.[Y+3]. The van der Waals surface area contributed by atoms with Crippen LogP contribution in [0.2, 0.25) is 0 Å². The van der Waals surface area contributed by atoms with E-state index in [4.69, 9.17) is 0 Å². The molecular weight excluding hydrogens is 384 g/mol. The molecule has 1 saturated carbocycles. The summed E-state index contributed by atoms with van der Waals surface area (Å²) in [5.74, 6) is 1.44. The molecule has 0 aromatic heterocycles. The van der Waals surface area contributed by atoms with E-state index in [1.807, 2.05) is 6.07 Å². The molecule has 2 aromatic carbocycles. The van der Waals surface area contributed by atoms with Crippen molar-refractivity contribution in [1.82, 2.24) is 0 Å². The van der Waals surface area contributed by atoms with Gasteiger partial charge in [0.05, 0.1) is 0 Å². The van der Waals surface area contributed by atoms with Crippen molar-refractivity contribution in [3.05, 3.63) is 71.0 Å². The Kier molecular flexibility index (Phi) is 8.80. The molecule has 0 bridgehead atoms. The number of unbranched alkanes of at least 4 members (excludes halogenated alkanes) is 1. The molecule has 0 spiro atoms. The number of aryl methyl sites for hydroxylation is 2. The average Bonchev–Trinajstić information content (AvgIpc) is 2.60. The second-order valence-electron chi connectivity index (χ2n) is 7.45. The Morgan fingerprint density at radius 1 is 0.920 bits per heavy atom. The first-order valence-electron chi connectivity index (χ1n) is 9.45. The Bertz CT molecular complexity index is 627. The summed E-state index contributed by atoms with van der Waals surface area (Å²) in [6.45, 7) is 2.38. The molecule has 0 aliphatic heterocycles. The summed E-state index contributed by atoms with van der Waals surface area (Å²) in [7, 11) is 0. The molecule has 128 valence electrons. The molecule has 0 radical (unpaired) electrons. The maximum Gasteiger partial charge on any atom is 3.00 e. The van der Waals surface area contributed by atoms with Crippen molar-refractivity contribution in [2.45, 2.75) is 64.2 Å². The number of benzene rings is 2. The quantitative estimate of drug-likeness (QED) is 0.376. The summed E-state index contributed by atoms with van der Waals surface area (Å²) in [6, 6.07) is 17.1. The van der Waals surface area contributed by atoms with Gasteiger partial charge >= 0.3 is 32.7 Å². The van der Waals surface area contributed by atoms with Crippen LogP contribution in [-0.4, -0.2) is 0 Å². The fourth-order valence-electron chi connectivity index (χ4n) is 3.84. The first kappa shape index (κ1) is 20.8. The third-order valence-electron chi connectivity index (χ3n) is 5.48. The van der Waals surface area contributed by atoms with E-state index >= 15 is 0 Å². The Morgan fingerprint density at radius 2 is 1.56 bits per heavy atom. The normalized spacial score (nSPS) is 20.1. The van der Waals surface area contributed by atoms with Crippen LogP contribution in [0.5, 0.6) is 0 Å². The second-order valence-corrected chi connectivity index (χ2v) is 7.45. The molecule has 0 heterocycles. The van der Waals surface area contributed by atoms with Crippen LogP contribution >= 0.6 is 0 Å². The summed E-state index contributed by atoms with van der Waals surface area (Å²) in [5.41, 5.74) is 4.03. The van der Waals surface area contributed by atoms with E-state index < -0.39 is 0 Å². The maximum atomic E-state index is 13.1. The zero-order valence-corrected chi connectivity index (χ0v) is 18.1. The van der Waals surface area contributed by atoms with Crippen molar-refractivity contribution in [2.24, 2.45) is 5.92 Å². The van der Waals surface area contributed by atoms with Crippen molar-refractivity contribution >= 4 is 0 Å². The second kappa shape index (κ2) is 10.6. The van der Waals surface area contributed by atoms with Crippen molar-refractivity contribution in [3.63, 3.8) is 0 Å². The smallest absolute Gasteiger partial charge is 0.236 e. The third-order valence-corrected chi connectivity index (χ3v) is 5.48. The molecule has 3 rings (SSSR count). The van der Waals surface area contributed by atoms with Gasteiger partial charge in [-0.2, -0.15) is 17.7 Å². The average molecular weight is 412 g/mol. The minimum absolute atomic E-state index is 0. The predicted octanol–water partition coefficient (Wildman–Crippen LogP) is 6.48. The van der Waals surface area contributed by atoms with Gasteiger partial charge in [-0.05, 0) is 48.6 Å². The standard InChI is InChI=1S/C23H28F.Y/c1-18-9-13-21(14-10-18)22-15-11-19(12-16-22)5-2-3-6-20-7-4-8-23(24)17-20;/h4,7,11-12,15-18,21H,2-3,5-6,9-10,13-14H2,1H3;/q-1;+3. The van der Waals surface area contributed by atoms with Crippen LogP contribution in [0.1, 0.15) is 68.1 Å². The van der Waals surface area contributed by atoms with Gasteiger partial charge in [0.25, 0.3) is 0 Å². The van der Waals surface area contributed by atoms with Gasteiger partial charge in [0.1, 0.15) is 0 Å².